The van der Waals surface area contributed by atoms with Crippen molar-refractivity contribution < 1.29 is 9.47 Å². The molecule has 1 aliphatic heterocycles. The van der Waals surface area contributed by atoms with E-state index in [1.54, 1.807) is 0 Å². The van der Waals surface area contributed by atoms with Gasteiger partial charge in [0.2, 0.25) is 0 Å². The normalized spacial score (nSPS) is 16.9. The lowest BCUT2D eigenvalue weighted by atomic mass is 10.1. The van der Waals surface area contributed by atoms with E-state index in [4.69, 9.17) is 15.3 Å². The van der Waals surface area contributed by atoms with Crippen LogP contribution in [-0.4, -0.2) is 13.2 Å². The molecule has 15 heavy (non-hydrogen) atoms. The summed E-state index contributed by atoms with van der Waals surface area (Å²) < 4.78 is 11.1. The molecule has 0 aromatic heterocycles. The minimum absolute atomic E-state index is 0.113. The fourth-order valence-corrected chi connectivity index (χ4v) is 1.55. The molecule has 4 heteroatoms. The van der Waals surface area contributed by atoms with Crippen LogP contribution in [0.5, 0.6) is 11.5 Å². The van der Waals surface area contributed by atoms with Gasteiger partial charge in [-0.15, -0.1) is 0 Å². The molecule has 4 nitrogen and oxygen atoms in total. The first-order chi connectivity index (χ1) is 7.31. The van der Waals surface area contributed by atoms with E-state index in [9.17, 15) is 0 Å². The van der Waals surface area contributed by atoms with Gasteiger partial charge in [-0.3, -0.25) is 11.3 Å². The largest absolute Gasteiger partial charge is 0.490 e. The van der Waals surface area contributed by atoms with Crippen LogP contribution in [0.25, 0.3) is 0 Å². The van der Waals surface area contributed by atoms with Crippen LogP contribution in [0.3, 0.4) is 0 Å². The summed E-state index contributed by atoms with van der Waals surface area (Å²) in [6.07, 6.45) is 0.925. The number of hydrazine groups is 1. The molecule has 0 radical (unpaired) electrons. The Morgan fingerprint density at radius 1 is 1.27 bits per heavy atom. The van der Waals surface area contributed by atoms with Crippen molar-refractivity contribution in [2.45, 2.75) is 19.4 Å². The highest BCUT2D eigenvalue weighted by Gasteiger charge is 2.12. The zero-order valence-corrected chi connectivity index (χ0v) is 8.82. The highest BCUT2D eigenvalue weighted by molar-refractivity contribution is 5.44. The van der Waals surface area contributed by atoms with Crippen LogP contribution in [0.1, 0.15) is 24.9 Å². The van der Waals surface area contributed by atoms with E-state index in [0.29, 0.717) is 6.61 Å². The average Bonchev–Trinajstić information content (AvgIpc) is 2.51. The molecule has 0 saturated carbocycles. The van der Waals surface area contributed by atoms with Gasteiger partial charge >= 0.3 is 0 Å². The smallest absolute Gasteiger partial charge is 0.161 e. The van der Waals surface area contributed by atoms with Crippen LogP contribution in [0, 0.1) is 0 Å². The van der Waals surface area contributed by atoms with Gasteiger partial charge in [0.05, 0.1) is 13.2 Å². The summed E-state index contributed by atoms with van der Waals surface area (Å²) >= 11 is 0. The summed E-state index contributed by atoms with van der Waals surface area (Å²) in [6.45, 7) is 3.43. The highest BCUT2D eigenvalue weighted by atomic mass is 16.5. The molecule has 1 aromatic rings. The molecule has 0 fully saturated rings. The van der Waals surface area contributed by atoms with Gasteiger partial charge in [-0.2, -0.15) is 0 Å². The first-order valence-corrected chi connectivity index (χ1v) is 5.17. The summed E-state index contributed by atoms with van der Waals surface area (Å²) in [6, 6.07) is 6.02. The maximum absolute atomic E-state index is 5.59. The molecule has 0 saturated heterocycles. The fraction of sp³-hybridized carbons (Fsp3) is 0.455. The number of hydrogen-bond donors (Lipinski definition) is 2. The van der Waals surface area contributed by atoms with E-state index in [-0.39, 0.29) is 6.04 Å². The molecule has 82 valence electrons. The minimum Gasteiger partial charge on any atom is -0.490 e. The van der Waals surface area contributed by atoms with Crippen LogP contribution in [-0.2, 0) is 0 Å². The van der Waals surface area contributed by atoms with E-state index in [0.717, 1.165) is 30.1 Å². The van der Waals surface area contributed by atoms with Crippen molar-refractivity contribution in [2.75, 3.05) is 13.2 Å². The molecule has 0 amide bonds. The summed E-state index contributed by atoms with van der Waals surface area (Å²) in [5, 5.41) is 0. The van der Waals surface area contributed by atoms with E-state index >= 15 is 0 Å². The maximum Gasteiger partial charge on any atom is 0.161 e. The van der Waals surface area contributed by atoms with Crippen molar-refractivity contribution in [3.05, 3.63) is 23.8 Å². The van der Waals surface area contributed by atoms with Crippen LogP contribution >= 0.6 is 0 Å². The van der Waals surface area contributed by atoms with Crippen LogP contribution < -0.4 is 20.7 Å². The Morgan fingerprint density at radius 3 is 2.73 bits per heavy atom. The van der Waals surface area contributed by atoms with Crippen LogP contribution in [0.2, 0.25) is 0 Å². The van der Waals surface area contributed by atoms with Gasteiger partial charge in [-0.1, -0.05) is 6.07 Å². The topological polar surface area (TPSA) is 56.5 Å². The number of nitrogens with two attached hydrogens (primary N) is 1. The molecule has 0 unspecified atom stereocenters. The number of ether oxygens (including phenoxy) is 2. The molecule has 1 aliphatic rings. The number of hydrogen-bond acceptors (Lipinski definition) is 4. The zero-order valence-electron chi connectivity index (χ0n) is 8.82. The third-order valence-electron chi connectivity index (χ3n) is 2.52. The van der Waals surface area contributed by atoms with Gasteiger partial charge in [-0.05, 0) is 24.6 Å². The fourth-order valence-electron chi connectivity index (χ4n) is 1.55. The Labute approximate surface area is 89.3 Å². The van der Waals surface area contributed by atoms with Gasteiger partial charge < -0.3 is 9.47 Å². The van der Waals surface area contributed by atoms with Gasteiger partial charge in [0.25, 0.3) is 0 Å². The van der Waals surface area contributed by atoms with Gasteiger partial charge in [-0.25, -0.2) is 0 Å². The van der Waals surface area contributed by atoms with Crippen molar-refractivity contribution in [3.8, 4) is 11.5 Å². The van der Waals surface area contributed by atoms with Gasteiger partial charge in [0.15, 0.2) is 11.5 Å². The minimum atomic E-state index is 0.113. The number of nitrogens with one attached hydrogen (secondary N) is 1. The summed E-state index contributed by atoms with van der Waals surface area (Å²) in [4.78, 5) is 0. The van der Waals surface area contributed by atoms with E-state index in [1.807, 2.05) is 25.1 Å². The molecular formula is C11H16N2O2. The number of benzene rings is 1. The first kappa shape index (κ1) is 10.3. The standard InChI is InChI=1S/C11H16N2O2/c1-8(13-12)9-3-4-10-11(7-9)15-6-2-5-14-10/h3-4,7-8,13H,2,5-6,12H2,1H3/t8-/m0/s1. The first-order valence-electron chi connectivity index (χ1n) is 5.17. The maximum atomic E-state index is 5.59. The van der Waals surface area contributed by atoms with Crippen LogP contribution in [0.4, 0.5) is 0 Å². The molecule has 0 aliphatic carbocycles. The molecule has 0 spiro atoms. The predicted octanol–water partition coefficient (Wildman–Crippen LogP) is 1.37. The average molecular weight is 208 g/mol. The quantitative estimate of drug-likeness (QED) is 0.569. The Bertz CT molecular complexity index is 341. The summed E-state index contributed by atoms with van der Waals surface area (Å²) in [5.74, 6) is 7.02. The lowest BCUT2D eigenvalue weighted by Gasteiger charge is -2.13. The number of fused-ring (bicyclic) bond motifs is 1. The lowest BCUT2D eigenvalue weighted by Crippen LogP contribution is -2.25. The van der Waals surface area contributed by atoms with E-state index in [2.05, 4.69) is 5.43 Å². The van der Waals surface area contributed by atoms with E-state index in [1.165, 1.54) is 0 Å². The van der Waals surface area contributed by atoms with Gasteiger partial charge in [0.1, 0.15) is 0 Å². The van der Waals surface area contributed by atoms with Crippen molar-refractivity contribution in [2.24, 2.45) is 5.84 Å². The summed E-state index contributed by atoms with van der Waals surface area (Å²) in [7, 11) is 0. The van der Waals surface area contributed by atoms with Crippen LogP contribution in [0.15, 0.2) is 18.2 Å². The Morgan fingerprint density at radius 2 is 2.00 bits per heavy atom. The predicted molar refractivity (Wildman–Crippen MR) is 57.8 cm³/mol. The monoisotopic (exact) mass is 208 g/mol. The lowest BCUT2D eigenvalue weighted by molar-refractivity contribution is 0.297. The van der Waals surface area contributed by atoms with Crippen molar-refractivity contribution >= 4 is 0 Å². The molecule has 2 rings (SSSR count). The summed E-state index contributed by atoms with van der Waals surface area (Å²) in [5.41, 5.74) is 3.81. The Balaban J connectivity index is 2.27. The third kappa shape index (κ3) is 2.22. The molecule has 3 N–H and O–H groups in total. The van der Waals surface area contributed by atoms with Crippen molar-refractivity contribution in [1.82, 2.24) is 5.43 Å². The van der Waals surface area contributed by atoms with Crippen molar-refractivity contribution in [3.63, 3.8) is 0 Å². The molecule has 1 heterocycles. The molecule has 0 bridgehead atoms. The second-order valence-corrected chi connectivity index (χ2v) is 3.65. The Hall–Kier alpha value is -1.26. The zero-order chi connectivity index (χ0) is 10.7. The van der Waals surface area contributed by atoms with Crippen molar-refractivity contribution in [1.29, 1.82) is 0 Å². The van der Waals surface area contributed by atoms with E-state index < -0.39 is 0 Å². The third-order valence-corrected chi connectivity index (χ3v) is 2.52. The SMILES string of the molecule is C[C@H](NN)c1ccc2c(c1)OCCCO2. The number of rotatable bonds is 2. The van der Waals surface area contributed by atoms with Gasteiger partial charge in [0, 0.05) is 12.5 Å². The molecular weight excluding hydrogens is 192 g/mol. The highest BCUT2D eigenvalue weighted by Crippen LogP contribution is 2.31. The molecule has 1 atom stereocenters. The Kier molecular flexibility index (Phi) is 3.08. The second kappa shape index (κ2) is 4.51. The second-order valence-electron chi connectivity index (χ2n) is 3.65. The molecule has 1 aromatic carbocycles.